The summed E-state index contributed by atoms with van der Waals surface area (Å²) in [5.41, 5.74) is 6.04. The van der Waals surface area contributed by atoms with Crippen molar-refractivity contribution in [3.8, 4) is 0 Å². The first-order valence-electron chi connectivity index (χ1n) is 6.59. The summed E-state index contributed by atoms with van der Waals surface area (Å²) in [6.07, 6.45) is 2.57. The van der Waals surface area contributed by atoms with E-state index < -0.39 is 9.84 Å². The van der Waals surface area contributed by atoms with Crippen LogP contribution in [0.3, 0.4) is 0 Å². The second-order valence-corrected chi connectivity index (χ2v) is 8.40. The molecule has 0 aliphatic heterocycles. The average molecular weight is 302 g/mol. The van der Waals surface area contributed by atoms with E-state index in [1.165, 1.54) is 6.07 Å². The van der Waals surface area contributed by atoms with Gasteiger partial charge in [-0.1, -0.05) is 25.4 Å². The number of sulfone groups is 1. The van der Waals surface area contributed by atoms with Gasteiger partial charge in [0.1, 0.15) is 0 Å². The van der Waals surface area contributed by atoms with Crippen molar-refractivity contribution in [3.63, 3.8) is 0 Å². The molecule has 2 unspecified atom stereocenters. The van der Waals surface area contributed by atoms with E-state index in [2.05, 4.69) is 13.8 Å². The summed E-state index contributed by atoms with van der Waals surface area (Å²) < 4.78 is 25.3. The van der Waals surface area contributed by atoms with E-state index in [9.17, 15) is 8.42 Å². The quantitative estimate of drug-likeness (QED) is 0.850. The Labute approximate surface area is 120 Å². The van der Waals surface area contributed by atoms with Crippen LogP contribution in [0.1, 0.15) is 33.1 Å². The maximum absolute atomic E-state index is 12.6. The molecule has 2 N–H and O–H groups in total. The van der Waals surface area contributed by atoms with Gasteiger partial charge < -0.3 is 5.73 Å². The van der Waals surface area contributed by atoms with E-state index in [1.54, 1.807) is 12.1 Å². The number of anilines is 1. The van der Waals surface area contributed by atoms with E-state index in [-0.39, 0.29) is 10.1 Å². The van der Waals surface area contributed by atoms with Crippen LogP contribution in [0.15, 0.2) is 23.1 Å². The van der Waals surface area contributed by atoms with Crippen LogP contribution in [0.4, 0.5) is 5.69 Å². The van der Waals surface area contributed by atoms with Crippen molar-refractivity contribution < 1.29 is 8.42 Å². The molecule has 0 bridgehead atoms. The molecule has 0 saturated heterocycles. The molecule has 0 radical (unpaired) electrons. The lowest BCUT2D eigenvalue weighted by Crippen LogP contribution is -2.31. The van der Waals surface area contributed by atoms with Gasteiger partial charge in [0.05, 0.1) is 20.9 Å². The lowest BCUT2D eigenvalue weighted by molar-refractivity contribution is 0.301. The fraction of sp³-hybridized carbons (Fsp3) is 0.571. The molecular weight excluding hydrogens is 282 g/mol. The third-order valence-electron chi connectivity index (χ3n) is 3.87. The summed E-state index contributed by atoms with van der Waals surface area (Å²) in [4.78, 5) is 0.290. The highest BCUT2D eigenvalue weighted by Crippen LogP contribution is 2.36. The standard InChI is InChI=1S/C14H20ClNO2S/c1-9-5-10(2)7-12(6-9)19(17,18)11-3-4-14(16)13(15)8-11/h3-4,8-10,12H,5-7,16H2,1-2H3. The first-order chi connectivity index (χ1) is 8.80. The van der Waals surface area contributed by atoms with Gasteiger partial charge >= 0.3 is 0 Å². The summed E-state index contributed by atoms with van der Waals surface area (Å²) in [5.74, 6) is 0.903. The van der Waals surface area contributed by atoms with Crippen molar-refractivity contribution in [2.45, 2.75) is 43.3 Å². The number of nitrogen functional groups attached to an aromatic ring is 1. The second kappa shape index (κ2) is 5.33. The number of benzene rings is 1. The van der Waals surface area contributed by atoms with Crippen molar-refractivity contribution in [2.24, 2.45) is 11.8 Å². The molecule has 1 aliphatic carbocycles. The molecule has 0 amide bonds. The predicted molar refractivity (Wildman–Crippen MR) is 79.0 cm³/mol. The lowest BCUT2D eigenvalue weighted by atomic mass is 9.83. The van der Waals surface area contributed by atoms with Gasteiger partial charge in [0.25, 0.3) is 0 Å². The van der Waals surface area contributed by atoms with Crippen LogP contribution in [-0.2, 0) is 9.84 Å². The molecular formula is C14H20ClNO2S. The van der Waals surface area contributed by atoms with Gasteiger partial charge in [0.2, 0.25) is 0 Å². The molecule has 1 saturated carbocycles. The number of nitrogens with two attached hydrogens (primary N) is 1. The highest BCUT2D eigenvalue weighted by atomic mass is 35.5. The van der Waals surface area contributed by atoms with Gasteiger partial charge in [0.15, 0.2) is 9.84 Å². The summed E-state index contributed by atoms with van der Waals surface area (Å²) in [6, 6.07) is 4.58. The molecule has 5 heteroatoms. The molecule has 2 atom stereocenters. The summed E-state index contributed by atoms with van der Waals surface area (Å²) in [5, 5.41) is 0.00363. The zero-order chi connectivity index (χ0) is 14.2. The van der Waals surface area contributed by atoms with Crippen LogP contribution >= 0.6 is 11.6 Å². The SMILES string of the molecule is CC1CC(C)CC(S(=O)(=O)c2ccc(N)c(Cl)c2)C1. The average Bonchev–Trinajstić information content (AvgIpc) is 2.31. The van der Waals surface area contributed by atoms with Crippen LogP contribution in [0.5, 0.6) is 0 Å². The topological polar surface area (TPSA) is 60.2 Å². The minimum atomic E-state index is -3.31. The van der Waals surface area contributed by atoms with Crippen molar-refractivity contribution >= 4 is 27.1 Å². The molecule has 3 nitrogen and oxygen atoms in total. The van der Waals surface area contributed by atoms with Crippen molar-refractivity contribution in [1.82, 2.24) is 0 Å². The summed E-state index contributed by atoms with van der Waals surface area (Å²) in [7, 11) is -3.31. The third kappa shape index (κ3) is 3.06. The molecule has 2 rings (SSSR count). The smallest absolute Gasteiger partial charge is 0.181 e. The van der Waals surface area contributed by atoms with Gasteiger partial charge in [-0.3, -0.25) is 0 Å². The van der Waals surface area contributed by atoms with Crippen molar-refractivity contribution in [3.05, 3.63) is 23.2 Å². The van der Waals surface area contributed by atoms with Gasteiger partial charge in [0, 0.05) is 0 Å². The fourth-order valence-corrected chi connectivity index (χ4v) is 5.34. The molecule has 0 heterocycles. The first kappa shape index (κ1) is 14.7. The Morgan fingerprint density at radius 3 is 2.26 bits per heavy atom. The zero-order valence-corrected chi connectivity index (χ0v) is 12.8. The predicted octanol–water partition coefficient (Wildman–Crippen LogP) is 3.52. The molecule has 1 aliphatic rings. The van der Waals surface area contributed by atoms with Crippen LogP contribution in [0, 0.1) is 11.8 Å². The molecule has 106 valence electrons. The van der Waals surface area contributed by atoms with Gasteiger partial charge in [-0.2, -0.15) is 0 Å². The molecule has 1 aromatic rings. The van der Waals surface area contributed by atoms with Gasteiger partial charge in [-0.25, -0.2) is 8.42 Å². The third-order valence-corrected chi connectivity index (χ3v) is 6.38. The Kier molecular flexibility index (Phi) is 4.11. The number of rotatable bonds is 2. The fourth-order valence-electron chi connectivity index (χ4n) is 3.00. The lowest BCUT2D eigenvalue weighted by Gasteiger charge is -2.31. The van der Waals surface area contributed by atoms with E-state index >= 15 is 0 Å². The Bertz CT molecular complexity index is 561. The largest absolute Gasteiger partial charge is 0.398 e. The van der Waals surface area contributed by atoms with E-state index in [1.807, 2.05) is 0 Å². The highest BCUT2D eigenvalue weighted by molar-refractivity contribution is 7.92. The monoisotopic (exact) mass is 301 g/mol. The number of hydrogen-bond donors (Lipinski definition) is 1. The highest BCUT2D eigenvalue weighted by Gasteiger charge is 2.34. The molecule has 1 aromatic carbocycles. The van der Waals surface area contributed by atoms with E-state index in [0.717, 1.165) is 19.3 Å². The maximum atomic E-state index is 12.6. The normalized spacial score (nSPS) is 28.3. The van der Waals surface area contributed by atoms with Crippen LogP contribution < -0.4 is 5.73 Å². The van der Waals surface area contributed by atoms with Gasteiger partial charge in [-0.05, 0) is 49.3 Å². The van der Waals surface area contributed by atoms with E-state index in [4.69, 9.17) is 17.3 Å². The molecule has 1 fully saturated rings. The van der Waals surface area contributed by atoms with Crippen LogP contribution in [0.25, 0.3) is 0 Å². The Balaban J connectivity index is 2.33. The van der Waals surface area contributed by atoms with Crippen LogP contribution in [-0.4, -0.2) is 13.7 Å². The minimum absolute atomic E-state index is 0.290. The Morgan fingerprint density at radius 1 is 1.16 bits per heavy atom. The van der Waals surface area contributed by atoms with Crippen LogP contribution in [0.2, 0.25) is 5.02 Å². The van der Waals surface area contributed by atoms with Gasteiger partial charge in [-0.15, -0.1) is 0 Å². The Hall–Kier alpha value is -0.740. The first-order valence-corrected chi connectivity index (χ1v) is 8.52. The molecule has 0 spiro atoms. The second-order valence-electron chi connectivity index (χ2n) is 5.77. The number of hydrogen-bond acceptors (Lipinski definition) is 3. The summed E-state index contributed by atoms with van der Waals surface area (Å²) >= 11 is 5.93. The maximum Gasteiger partial charge on any atom is 0.181 e. The van der Waals surface area contributed by atoms with Crippen molar-refractivity contribution in [1.29, 1.82) is 0 Å². The molecule has 0 aromatic heterocycles. The number of halogens is 1. The Morgan fingerprint density at radius 2 is 1.74 bits per heavy atom. The molecule has 19 heavy (non-hydrogen) atoms. The summed E-state index contributed by atoms with van der Waals surface area (Å²) in [6.45, 7) is 4.24. The zero-order valence-electron chi connectivity index (χ0n) is 11.3. The van der Waals surface area contributed by atoms with Crippen molar-refractivity contribution in [2.75, 3.05) is 5.73 Å². The van der Waals surface area contributed by atoms with E-state index in [0.29, 0.717) is 22.5 Å². The minimum Gasteiger partial charge on any atom is -0.398 e.